The molecule has 1 aromatic rings. The van der Waals surface area contributed by atoms with E-state index in [0.717, 1.165) is 5.56 Å². The molecule has 0 fully saturated rings. The summed E-state index contributed by atoms with van der Waals surface area (Å²) >= 11 is 0. The molecule has 1 N–H and O–H groups in total. The lowest BCUT2D eigenvalue weighted by Gasteiger charge is -2.07. The molecule has 1 aromatic carbocycles. The van der Waals surface area contributed by atoms with Gasteiger partial charge in [0.1, 0.15) is 5.82 Å². The van der Waals surface area contributed by atoms with Gasteiger partial charge in [-0.2, -0.15) is 0 Å². The Morgan fingerprint density at radius 1 is 1.44 bits per heavy atom. The van der Waals surface area contributed by atoms with Crippen LogP contribution in [0.15, 0.2) is 24.3 Å². The number of halogens is 1. The van der Waals surface area contributed by atoms with Gasteiger partial charge in [-0.25, -0.2) is 4.39 Å². The van der Waals surface area contributed by atoms with Gasteiger partial charge in [-0.3, -0.25) is 4.79 Å². The van der Waals surface area contributed by atoms with E-state index >= 15 is 0 Å². The van der Waals surface area contributed by atoms with Crippen molar-refractivity contribution in [1.29, 1.82) is 0 Å². The first kappa shape index (κ1) is 14.6. The first-order valence-electron chi connectivity index (χ1n) is 5.61. The molecule has 0 aliphatic carbocycles. The van der Waals surface area contributed by atoms with E-state index < -0.39 is 0 Å². The molecule has 0 atom stereocenters. The van der Waals surface area contributed by atoms with Crippen molar-refractivity contribution in [3.63, 3.8) is 0 Å². The van der Waals surface area contributed by atoms with Crippen LogP contribution in [0.3, 0.4) is 0 Å². The summed E-state index contributed by atoms with van der Waals surface area (Å²) in [6.45, 7) is 8.02. The van der Waals surface area contributed by atoms with E-state index in [1.807, 2.05) is 27.7 Å². The van der Waals surface area contributed by atoms with Crippen LogP contribution in [0.25, 0.3) is 0 Å². The number of amides is 1. The average Bonchev–Trinajstić information content (AvgIpc) is 2.28. The van der Waals surface area contributed by atoms with Crippen LogP contribution >= 0.6 is 0 Å². The molecule has 1 rings (SSSR count). The second-order valence-corrected chi connectivity index (χ2v) is 3.50. The van der Waals surface area contributed by atoms with E-state index in [2.05, 4.69) is 5.32 Å². The van der Waals surface area contributed by atoms with Gasteiger partial charge in [0, 0.05) is 13.9 Å². The van der Waals surface area contributed by atoms with Crippen molar-refractivity contribution in [2.75, 3.05) is 0 Å². The van der Waals surface area contributed by atoms with Gasteiger partial charge in [-0.05, 0) is 17.7 Å². The third kappa shape index (κ3) is 5.49. The third-order valence-corrected chi connectivity index (χ3v) is 1.88. The Labute approximate surface area is 98.4 Å². The van der Waals surface area contributed by atoms with Crippen LogP contribution in [-0.4, -0.2) is 5.91 Å². The fraction of sp³-hybridized carbons (Fsp3) is 0.462. The molecule has 0 aromatic heterocycles. The van der Waals surface area contributed by atoms with Crippen LogP contribution in [-0.2, 0) is 11.3 Å². The van der Waals surface area contributed by atoms with E-state index in [1.165, 1.54) is 12.1 Å². The van der Waals surface area contributed by atoms with E-state index in [9.17, 15) is 9.18 Å². The smallest absolute Gasteiger partial charge is 0.222 e. The highest BCUT2D eigenvalue weighted by molar-refractivity contribution is 5.77. The van der Waals surface area contributed by atoms with Gasteiger partial charge in [-0.15, -0.1) is 0 Å². The molecule has 16 heavy (non-hydrogen) atoms. The fourth-order valence-electron chi connectivity index (χ4n) is 1.04. The average molecular weight is 227 g/mol. The van der Waals surface area contributed by atoms with Crippen LogP contribution < -0.4 is 5.32 Å². The molecule has 0 aliphatic heterocycles. The summed E-state index contributed by atoms with van der Waals surface area (Å²) in [5, 5.41) is 2.72. The van der Waals surface area contributed by atoms with Gasteiger partial charge in [0.05, 0.1) is 0 Å². The highest BCUT2D eigenvalue weighted by Gasteiger charge is 2.05. The number of hydrogen-bond donors (Lipinski definition) is 1. The summed E-state index contributed by atoms with van der Waals surface area (Å²) in [5.74, 6) is -0.334. The molecule has 92 valence electrons. The SMILES string of the molecule is CC.CC(C)C(=O)NCc1cccc(F)c1.[HH]. The van der Waals surface area contributed by atoms with Gasteiger partial charge in [0.25, 0.3) is 0 Å². The highest BCUT2D eigenvalue weighted by Crippen LogP contribution is 2.03. The number of carbonyl (C=O) groups is 1. The van der Waals surface area contributed by atoms with Crippen molar-refractivity contribution in [3.05, 3.63) is 35.6 Å². The van der Waals surface area contributed by atoms with Crippen molar-refractivity contribution >= 4 is 5.91 Å². The van der Waals surface area contributed by atoms with Crippen LogP contribution in [0.4, 0.5) is 4.39 Å². The number of benzene rings is 1. The predicted molar refractivity (Wildman–Crippen MR) is 66.5 cm³/mol. The summed E-state index contributed by atoms with van der Waals surface area (Å²) in [6.07, 6.45) is 0. The lowest BCUT2D eigenvalue weighted by atomic mass is 10.2. The monoisotopic (exact) mass is 227 g/mol. The summed E-state index contributed by atoms with van der Waals surface area (Å²) in [4.78, 5) is 11.2. The number of nitrogens with one attached hydrogen (secondary N) is 1. The number of carbonyl (C=O) groups excluding carboxylic acids is 1. The maximum Gasteiger partial charge on any atom is 0.222 e. The molecular formula is C13H22FNO. The van der Waals surface area contributed by atoms with Gasteiger partial charge in [0.15, 0.2) is 0 Å². The standard InChI is InChI=1S/C11H14FNO.C2H6.H2/c1-8(2)11(14)13-7-9-4-3-5-10(12)6-9;1-2;/h3-6,8H,7H2,1-2H3,(H,13,14);1-2H3;1H. The maximum absolute atomic E-state index is 12.7. The van der Waals surface area contributed by atoms with E-state index in [-0.39, 0.29) is 19.1 Å². The fourth-order valence-corrected chi connectivity index (χ4v) is 1.04. The normalized spacial score (nSPS) is 9.38. The van der Waals surface area contributed by atoms with Crippen LogP contribution in [0, 0.1) is 11.7 Å². The molecule has 0 aliphatic rings. The molecule has 0 unspecified atom stereocenters. The molecule has 0 bridgehead atoms. The van der Waals surface area contributed by atoms with Crippen LogP contribution in [0.5, 0.6) is 0 Å². The van der Waals surface area contributed by atoms with Crippen molar-refractivity contribution in [2.24, 2.45) is 5.92 Å². The first-order chi connectivity index (χ1) is 7.59. The molecule has 0 radical (unpaired) electrons. The van der Waals surface area contributed by atoms with Gasteiger partial charge >= 0.3 is 0 Å². The lowest BCUT2D eigenvalue weighted by Crippen LogP contribution is -2.27. The van der Waals surface area contributed by atoms with Crippen molar-refractivity contribution < 1.29 is 10.6 Å². The van der Waals surface area contributed by atoms with Crippen molar-refractivity contribution in [2.45, 2.75) is 34.2 Å². The minimum Gasteiger partial charge on any atom is -0.352 e. The molecule has 0 saturated heterocycles. The minimum atomic E-state index is -0.277. The summed E-state index contributed by atoms with van der Waals surface area (Å²) in [6, 6.07) is 6.21. The molecule has 2 nitrogen and oxygen atoms in total. The molecule has 0 spiro atoms. The zero-order chi connectivity index (χ0) is 12.6. The zero-order valence-electron chi connectivity index (χ0n) is 10.4. The minimum absolute atomic E-state index is 0. The quantitative estimate of drug-likeness (QED) is 0.842. The highest BCUT2D eigenvalue weighted by atomic mass is 19.1. The molecule has 0 saturated carbocycles. The largest absolute Gasteiger partial charge is 0.352 e. The Kier molecular flexibility index (Phi) is 7.18. The summed E-state index contributed by atoms with van der Waals surface area (Å²) in [5.41, 5.74) is 0.777. The molecule has 0 heterocycles. The van der Waals surface area contributed by atoms with Crippen LogP contribution in [0.1, 0.15) is 34.7 Å². The van der Waals surface area contributed by atoms with E-state index in [1.54, 1.807) is 12.1 Å². The summed E-state index contributed by atoms with van der Waals surface area (Å²) in [7, 11) is 0. The molecule has 1 amide bonds. The molecular weight excluding hydrogens is 205 g/mol. The molecule has 3 heteroatoms. The van der Waals surface area contributed by atoms with E-state index in [4.69, 9.17) is 0 Å². The van der Waals surface area contributed by atoms with Gasteiger partial charge < -0.3 is 5.32 Å². The van der Waals surface area contributed by atoms with Crippen LogP contribution in [0.2, 0.25) is 0 Å². The van der Waals surface area contributed by atoms with Crippen molar-refractivity contribution in [1.82, 2.24) is 5.32 Å². The Morgan fingerprint density at radius 3 is 2.56 bits per heavy atom. The topological polar surface area (TPSA) is 29.1 Å². The Balaban J connectivity index is 0. The zero-order valence-corrected chi connectivity index (χ0v) is 10.4. The second kappa shape index (κ2) is 7.85. The Morgan fingerprint density at radius 2 is 2.06 bits per heavy atom. The maximum atomic E-state index is 12.7. The Hall–Kier alpha value is -1.38. The van der Waals surface area contributed by atoms with Gasteiger partial charge in [-0.1, -0.05) is 39.8 Å². The Bertz CT molecular complexity index is 329. The number of hydrogen-bond acceptors (Lipinski definition) is 1. The second-order valence-electron chi connectivity index (χ2n) is 3.50. The van der Waals surface area contributed by atoms with E-state index in [0.29, 0.717) is 6.54 Å². The summed E-state index contributed by atoms with van der Waals surface area (Å²) < 4.78 is 12.7. The van der Waals surface area contributed by atoms with Crippen molar-refractivity contribution in [3.8, 4) is 0 Å². The first-order valence-corrected chi connectivity index (χ1v) is 5.61. The lowest BCUT2D eigenvalue weighted by molar-refractivity contribution is -0.124. The predicted octanol–water partition coefficient (Wildman–Crippen LogP) is 3.37. The number of rotatable bonds is 3. The third-order valence-electron chi connectivity index (χ3n) is 1.88. The van der Waals surface area contributed by atoms with Gasteiger partial charge in [0.2, 0.25) is 5.91 Å².